The number of carbonyl (C=O) groups excluding carboxylic acids is 2. The van der Waals surface area contributed by atoms with E-state index in [1.165, 1.54) is 5.56 Å². The summed E-state index contributed by atoms with van der Waals surface area (Å²) in [6, 6.07) is 17.4. The van der Waals surface area contributed by atoms with Crippen LogP contribution in [0.4, 0.5) is 0 Å². The monoisotopic (exact) mass is 380 g/mol. The van der Waals surface area contributed by atoms with Crippen LogP contribution < -0.4 is 16.0 Å². The third kappa shape index (κ3) is 5.92. The number of aryl methyl sites for hydroxylation is 1. The molecule has 2 amide bonds. The SMILES string of the molecule is Cc1ccc(CNC(=O)[C@H](Cc2ccccc2)NC(=O)C2CC[NH2+]CC2)cc1. The fraction of sp³-hybridized carbons (Fsp3) is 0.391. The predicted molar refractivity (Wildman–Crippen MR) is 109 cm³/mol. The maximum atomic E-state index is 12.9. The third-order valence-electron chi connectivity index (χ3n) is 5.31. The molecule has 0 saturated carbocycles. The average molecular weight is 381 g/mol. The maximum absolute atomic E-state index is 12.9. The zero-order valence-corrected chi connectivity index (χ0v) is 16.5. The molecule has 1 aliphatic rings. The highest BCUT2D eigenvalue weighted by Gasteiger charge is 2.27. The van der Waals surface area contributed by atoms with Crippen molar-refractivity contribution in [3.63, 3.8) is 0 Å². The van der Waals surface area contributed by atoms with Crippen molar-refractivity contribution in [1.29, 1.82) is 0 Å². The largest absolute Gasteiger partial charge is 0.350 e. The second-order valence-corrected chi connectivity index (χ2v) is 7.59. The van der Waals surface area contributed by atoms with Gasteiger partial charge in [0.15, 0.2) is 0 Å². The van der Waals surface area contributed by atoms with E-state index in [4.69, 9.17) is 0 Å². The van der Waals surface area contributed by atoms with Crippen LogP contribution in [0, 0.1) is 12.8 Å². The first-order chi connectivity index (χ1) is 13.6. The lowest BCUT2D eigenvalue weighted by atomic mass is 9.96. The Morgan fingerprint density at radius 2 is 1.68 bits per heavy atom. The summed E-state index contributed by atoms with van der Waals surface area (Å²) in [4.78, 5) is 25.6. The highest BCUT2D eigenvalue weighted by atomic mass is 16.2. The van der Waals surface area contributed by atoms with Gasteiger partial charge in [0, 0.05) is 31.7 Å². The number of benzene rings is 2. The topological polar surface area (TPSA) is 74.8 Å². The Balaban J connectivity index is 1.64. The summed E-state index contributed by atoms with van der Waals surface area (Å²) in [6.45, 7) is 4.44. The lowest BCUT2D eigenvalue weighted by molar-refractivity contribution is -0.664. The minimum absolute atomic E-state index is 0.000447. The smallest absolute Gasteiger partial charge is 0.243 e. The Morgan fingerprint density at radius 3 is 2.36 bits per heavy atom. The lowest BCUT2D eigenvalue weighted by Crippen LogP contribution is -2.86. The summed E-state index contributed by atoms with van der Waals surface area (Å²) in [5.74, 6) is -0.132. The molecule has 5 nitrogen and oxygen atoms in total. The molecular formula is C23H30N3O2+. The van der Waals surface area contributed by atoms with Crippen molar-refractivity contribution < 1.29 is 14.9 Å². The van der Waals surface area contributed by atoms with Crippen LogP contribution in [-0.2, 0) is 22.6 Å². The minimum Gasteiger partial charge on any atom is -0.350 e. The number of hydrogen-bond acceptors (Lipinski definition) is 2. The predicted octanol–water partition coefficient (Wildman–Crippen LogP) is 1.31. The summed E-state index contributed by atoms with van der Waals surface area (Å²) in [5, 5.41) is 8.24. The van der Waals surface area contributed by atoms with Crippen LogP contribution in [0.1, 0.15) is 29.5 Å². The first-order valence-electron chi connectivity index (χ1n) is 10.1. The molecule has 1 heterocycles. The molecule has 3 rings (SSSR count). The van der Waals surface area contributed by atoms with Crippen molar-refractivity contribution in [3.8, 4) is 0 Å². The molecule has 0 aromatic heterocycles. The number of nitrogens with two attached hydrogens (primary N) is 1. The van der Waals surface area contributed by atoms with E-state index in [0.717, 1.165) is 37.1 Å². The minimum atomic E-state index is -0.564. The van der Waals surface area contributed by atoms with E-state index < -0.39 is 6.04 Å². The normalized spacial score (nSPS) is 15.6. The first-order valence-corrected chi connectivity index (χ1v) is 10.1. The highest BCUT2D eigenvalue weighted by Crippen LogP contribution is 2.11. The van der Waals surface area contributed by atoms with E-state index in [1.807, 2.05) is 61.5 Å². The molecule has 148 valence electrons. The van der Waals surface area contributed by atoms with Crippen LogP contribution in [-0.4, -0.2) is 30.9 Å². The van der Waals surface area contributed by atoms with Crippen LogP contribution in [0.15, 0.2) is 54.6 Å². The number of rotatable bonds is 7. The molecule has 0 bridgehead atoms. The van der Waals surface area contributed by atoms with Gasteiger partial charge in [0.1, 0.15) is 6.04 Å². The average Bonchev–Trinajstić information content (AvgIpc) is 2.74. The van der Waals surface area contributed by atoms with Crippen LogP contribution in [0.2, 0.25) is 0 Å². The van der Waals surface area contributed by atoms with Crippen LogP contribution in [0.5, 0.6) is 0 Å². The fourth-order valence-corrected chi connectivity index (χ4v) is 3.56. The molecule has 0 spiro atoms. The van der Waals surface area contributed by atoms with E-state index >= 15 is 0 Å². The number of quaternary nitrogens is 1. The standard InChI is InChI=1S/C23H29N3O2/c1-17-7-9-19(10-8-17)16-25-23(28)21(15-18-5-3-2-4-6-18)26-22(27)20-11-13-24-14-12-20/h2-10,20-21,24H,11-16H2,1H3,(H,25,28)(H,26,27)/p+1/t21-/m0/s1. The van der Waals surface area contributed by atoms with Gasteiger partial charge < -0.3 is 16.0 Å². The molecule has 0 aliphatic carbocycles. The van der Waals surface area contributed by atoms with Gasteiger partial charge in [0.25, 0.3) is 0 Å². The number of amides is 2. The van der Waals surface area contributed by atoms with Crippen LogP contribution in [0.3, 0.4) is 0 Å². The number of nitrogens with one attached hydrogen (secondary N) is 2. The zero-order valence-electron chi connectivity index (χ0n) is 16.5. The molecule has 0 radical (unpaired) electrons. The summed E-state index contributed by atoms with van der Waals surface area (Å²) in [7, 11) is 0. The second kappa shape index (κ2) is 10.0. The molecular weight excluding hydrogens is 350 g/mol. The summed E-state index contributed by atoms with van der Waals surface area (Å²) < 4.78 is 0. The Bertz CT molecular complexity index is 768. The number of carbonyl (C=O) groups is 2. The summed E-state index contributed by atoms with van der Waals surface area (Å²) in [6.07, 6.45) is 2.23. The van der Waals surface area contributed by atoms with Crippen molar-refractivity contribution >= 4 is 11.8 Å². The van der Waals surface area contributed by atoms with Gasteiger partial charge in [-0.3, -0.25) is 9.59 Å². The van der Waals surface area contributed by atoms with E-state index in [2.05, 4.69) is 16.0 Å². The van der Waals surface area contributed by atoms with E-state index in [-0.39, 0.29) is 17.7 Å². The van der Waals surface area contributed by atoms with E-state index in [1.54, 1.807) is 0 Å². The molecule has 0 unspecified atom stereocenters. The van der Waals surface area contributed by atoms with Crippen molar-refractivity contribution in [3.05, 3.63) is 71.3 Å². The van der Waals surface area contributed by atoms with Crippen LogP contribution >= 0.6 is 0 Å². The van der Waals surface area contributed by atoms with Gasteiger partial charge in [0.05, 0.1) is 13.1 Å². The Morgan fingerprint density at radius 1 is 1.00 bits per heavy atom. The van der Waals surface area contributed by atoms with E-state index in [9.17, 15) is 9.59 Å². The van der Waals surface area contributed by atoms with Crippen molar-refractivity contribution in [1.82, 2.24) is 10.6 Å². The molecule has 1 saturated heterocycles. The molecule has 5 heteroatoms. The van der Waals surface area contributed by atoms with Gasteiger partial charge in [0.2, 0.25) is 11.8 Å². The number of piperidine rings is 1. The third-order valence-corrected chi connectivity index (χ3v) is 5.31. The molecule has 28 heavy (non-hydrogen) atoms. The van der Waals surface area contributed by atoms with Gasteiger partial charge in [-0.1, -0.05) is 60.2 Å². The molecule has 2 aromatic carbocycles. The maximum Gasteiger partial charge on any atom is 0.243 e. The Labute approximate surface area is 166 Å². The Hall–Kier alpha value is -2.66. The molecule has 1 aliphatic heterocycles. The molecule has 4 N–H and O–H groups in total. The van der Waals surface area contributed by atoms with Crippen molar-refractivity contribution in [2.45, 2.75) is 38.8 Å². The second-order valence-electron chi connectivity index (χ2n) is 7.59. The quantitative estimate of drug-likeness (QED) is 0.678. The Kier molecular flexibility index (Phi) is 7.20. The molecule has 1 atom stereocenters. The fourth-order valence-electron chi connectivity index (χ4n) is 3.56. The van der Waals surface area contributed by atoms with Gasteiger partial charge >= 0.3 is 0 Å². The van der Waals surface area contributed by atoms with E-state index in [0.29, 0.717) is 13.0 Å². The lowest BCUT2D eigenvalue weighted by Gasteiger charge is -2.24. The molecule has 2 aromatic rings. The van der Waals surface area contributed by atoms with Gasteiger partial charge in [-0.25, -0.2) is 0 Å². The zero-order chi connectivity index (χ0) is 19.8. The van der Waals surface area contributed by atoms with Crippen molar-refractivity contribution in [2.24, 2.45) is 5.92 Å². The summed E-state index contributed by atoms with van der Waals surface area (Å²) in [5.41, 5.74) is 3.27. The highest BCUT2D eigenvalue weighted by molar-refractivity contribution is 5.88. The van der Waals surface area contributed by atoms with Gasteiger partial charge in [-0.05, 0) is 18.1 Å². The van der Waals surface area contributed by atoms with Crippen molar-refractivity contribution in [2.75, 3.05) is 13.1 Å². The van der Waals surface area contributed by atoms with Crippen LogP contribution in [0.25, 0.3) is 0 Å². The summed E-state index contributed by atoms with van der Waals surface area (Å²) >= 11 is 0. The number of hydrogen-bond donors (Lipinski definition) is 3. The van der Waals surface area contributed by atoms with Gasteiger partial charge in [-0.15, -0.1) is 0 Å². The first kappa shape index (κ1) is 20.1. The van der Waals surface area contributed by atoms with Gasteiger partial charge in [-0.2, -0.15) is 0 Å². The molecule has 1 fully saturated rings.